The number of hydrogen-bond donors (Lipinski definition) is 1. The van der Waals surface area contributed by atoms with Crippen LogP contribution < -0.4 is 10.1 Å². The summed E-state index contributed by atoms with van der Waals surface area (Å²) >= 11 is 0. The minimum absolute atomic E-state index is 0.0390. The van der Waals surface area contributed by atoms with Gasteiger partial charge in [0.25, 0.3) is 5.91 Å². The van der Waals surface area contributed by atoms with E-state index in [1.165, 1.54) is 0 Å². The summed E-state index contributed by atoms with van der Waals surface area (Å²) < 4.78 is 5.93. The fourth-order valence-electron chi connectivity index (χ4n) is 3.28. The van der Waals surface area contributed by atoms with Crippen molar-refractivity contribution in [3.05, 3.63) is 23.9 Å². The fraction of sp³-hybridized carbons (Fsp3) is 0.667. The van der Waals surface area contributed by atoms with Crippen LogP contribution in [0.3, 0.4) is 0 Å². The second-order valence-corrected chi connectivity index (χ2v) is 7.06. The number of aromatic nitrogens is 1. The van der Waals surface area contributed by atoms with Crippen LogP contribution in [0.25, 0.3) is 0 Å². The molecule has 1 amide bonds. The molecule has 1 aromatic rings. The van der Waals surface area contributed by atoms with Gasteiger partial charge in [0.2, 0.25) is 5.88 Å². The minimum atomic E-state index is -0.0390. The number of carbonyl (C=O) groups is 1. The predicted octanol–water partition coefficient (Wildman–Crippen LogP) is 1.38. The first-order valence-corrected chi connectivity index (χ1v) is 8.91. The normalized spacial score (nSPS) is 21.6. The van der Waals surface area contributed by atoms with Crippen molar-refractivity contribution < 1.29 is 9.53 Å². The van der Waals surface area contributed by atoms with Gasteiger partial charge in [-0.3, -0.25) is 4.79 Å². The first-order valence-electron chi connectivity index (χ1n) is 8.91. The summed E-state index contributed by atoms with van der Waals surface area (Å²) in [5.41, 5.74) is 0.602. The SMILES string of the molecule is CN1CCC(NC(=O)c2ccc(OC3CCN(C)CC3)nc2)CC1. The highest BCUT2D eigenvalue weighted by Crippen LogP contribution is 2.17. The van der Waals surface area contributed by atoms with Gasteiger partial charge in [-0.15, -0.1) is 0 Å². The van der Waals surface area contributed by atoms with E-state index in [1.54, 1.807) is 6.20 Å². The van der Waals surface area contributed by atoms with E-state index in [1.807, 2.05) is 12.1 Å². The largest absolute Gasteiger partial charge is 0.474 e. The molecule has 0 spiro atoms. The number of likely N-dealkylation sites (tertiary alicyclic amines) is 2. The molecule has 2 aliphatic rings. The van der Waals surface area contributed by atoms with Gasteiger partial charge in [0, 0.05) is 31.4 Å². The van der Waals surface area contributed by atoms with Gasteiger partial charge in [-0.05, 0) is 58.9 Å². The van der Waals surface area contributed by atoms with Crippen LogP contribution in [0.5, 0.6) is 5.88 Å². The summed E-state index contributed by atoms with van der Waals surface area (Å²) in [6.45, 7) is 4.18. The van der Waals surface area contributed by atoms with Crippen molar-refractivity contribution in [1.29, 1.82) is 0 Å². The molecule has 3 rings (SSSR count). The number of ether oxygens (including phenoxy) is 1. The zero-order valence-corrected chi connectivity index (χ0v) is 14.7. The van der Waals surface area contributed by atoms with Crippen LogP contribution in [0.2, 0.25) is 0 Å². The van der Waals surface area contributed by atoms with Crippen LogP contribution >= 0.6 is 0 Å². The van der Waals surface area contributed by atoms with Gasteiger partial charge in [-0.25, -0.2) is 4.98 Å². The second-order valence-electron chi connectivity index (χ2n) is 7.06. The number of rotatable bonds is 4. The molecular formula is C18H28N4O2. The van der Waals surface area contributed by atoms with E-state index >= 15 is 0 Å². The predicted molar refractivity (Wildman–Crippen MR) is 93.4 cm³/mol. The van der Waals surface area contributed by atoms with E-state index in [4.69, 9.17) is 4.74 Å². The van der Waals surface area contributed by atoms with Gasteiger partial charge in [-0.1, -0.05) is 0 Å². The molecule has 24 heavy (non-hydrogen) atoms. The van der Waals surface area contributed by atoms with Gasteiger partial charge < -0.3 is 19.9 Å². The fourth-order valence-corrected chi connectivity index (χ4v) is 3.28. The van der Waals surface area contributed by atoms with Crippen molar-refractivity contribution in [3.8, 4) is 5.88 Å². The van der Waals surface area contributed by atoms with E-state index < -0.39 is 0 Å². The topological polar surface area (TPSA) is 57.7 Å². The van der Waals surface area contributed by atoms with Crippen LogP contribution in [-0.4, -0.2) is 73.1 Å². The molecule has 3 heterocycles. The average Bonchev–Trinajstić information content (AvgIpc) is 2.59. The highest BCUT2D eigenvalue weighted by Gasteiger charge is 2.20. The summed E-state index contributed by atoms with van der Waals surface area (Å²) in [6, 6.07) is 3.88. The second kappa shape index (κ2) is 7.94. The Morgan fingerprint density at radius 3 is 2.29 bits per heavy atom. The molecule has 6 nitrogen and oxygen atoms in total. The maximum absolute atomic E-state index is 12.3. The number of piperidine rings is 2. The Hall–Kier alpha value is -1.66. The van der Waals surface area contributed by atoms with E-state index in [9.17, 15) is 4.79 Å². The molecule has 2 aliphatic heterocycles. The van der Waals surface area contributed by atoms with Gasteiger partial charge in [0.05, 0.1) is 5.56 Å². The van der Waals surface area contributed by atoms with Crippen LogP contribution in [0, 0.1) is 0 Å². The molecule has 2 saturated heterocycles. The molecular weight excluding hydrogens is 304 g/mol. The zero-order valence-electron chi connectivity index (χ0n) is 14.7. The third-order valence-corrected chi connectivity index (χ3v) is 5.01. The Balaban J connectivity index is 1.49. The van der Waals surface area contributed by atoms with Crippen LogP contribution in [-0.2, 0) is 0 Å². The average molecular weight is 332 g/mol. The van der Waals surface area contributed by atoms with Crippen LogP contribution in [0.4, 0.5) is 0 Å². The number of nitrogens with one attached hydrogen (secondary N) is 1. The molecule has 0 unspecified atom stereocenters. The van der Waals surface area contributed by atoms with Crippen molar-refractivity contribution >= 4 is 5.91 Å². The lowest BCUT2D eigenvalue weighted by atomic mass is 10.1. The van der Waals surface area contributed by atoms with Crippen molar-refractivity contribution in [2.45, 2.75) is 37.8 Å². The number of amides is 1. The Morgan fingerprint density at radius 1 is 1.08 bits per heavy atom. The van der Waals surface area contributed by atoms with Gasteiger partial charge in [0.1, 0.15) is 6.10 Å². The highest BCUT2D eigenvalue weighted by molar-refractivity contribution is 5.94. The summed E-state index contributed by atoms with van der Waals surface area (Å²) in [5, 5.41) is 3.11. The third-order valence-electron chi connectivity index (χ3n) is 5.01. The molecule has 132 valence electrons. The molecule has 0 aliphatic carbocycles. The maximum Gasteiger partial charge on any atom is 0.253 e. The lowest BCUT2D eigenvalue weighted by molar-refractivity contribution is 0.0915. The zero-order chi connectivity index (χ0) is 16.9. The van der Waals surface area contributed by atoms with Gasteiger partial charge in [-0.2, -0.15) is 0 Å². The van der Waals surface area contributed by atoms with Crippen molar-refractivity contribution in [3.63, 3.8) is 0 Å². The Labute approximate surface area is 144 Å². The van der Waals surface area contributed by atoms with Crippen molar-refractivity contribution in [1.82, 2.24) is 20.1 Å². The Bertz CT molecular complexity index is 532. The summed E-state index contributed by atoms with van der Waals surface area (Å²) in [6.07, 6.45) is 5.91. The first-order chi connectivity index (χ1) is 11.6. The summed E-state index contributed by atoms with van der Waals surface area (Å²) in [7, 11) is 4.25. The number of pyridine rings is 1. The molecule has 0 radical (unpaired) electrons. The number of carbonyl (C=O) groups excluding carboxylic acids is 1. The number of hydrogen-bond acceptors (Lipinski definition) is 5. The first kappa shape index (κ1) is 17.2. The molecule has 0 bridgehead atoms. The highest BCUT2D eigenvalue weighted by atomic mass is 16.5. The lowest BCUT2D eigenvalue weighted by Crippen LogP contribution is -2.43. The molecule has 0 aromatic carbocycles. The summed E-state index contributed by atoms with van der Waals surface area (Å²) in [4.78, 5) is 21.2. The molecule has 0 atom stereocenters. The van der Waals surface area contributed by atoms with Gasteiger partial charge in [0.15, 0.2) is 0 Å². The Kier molecular flexibility index (Phi) is 5.68. The van der Waals surface area contributed by atoms with Crippen molar-refractivity contribution in [2.75, 3.05) is 40.3 Å². The van der Waals surface area contributed by atoms with Gasteiger partial charge >= 0.3 is 0 Å². The monoisotopic (exact) mass is 332 g/mol. The quantitative estimate of drug-likeness (QED) is 0.903. The van der Waals surface area contributed by atoms with Crippen LogP contribution in [0.15, 0.2) is 18.3 Å². The van der Waals surface area contributed by atoms with Crippen LogP contribution in [0.1, 0.15) is 36.0 Å². The standard InChI is InChI=1S/C18H28N4O2/c1-21-9-5-15(6-10-21)20-18(23)14-3-4-17(19-13-14)24-16-7-11-22(2)12-8-16/h3-4,13,15-16H,5-12H2,1-2H3,(H,20,23). The molecule has 6 heteroatoms. The summed E-state index contributed by atoms with van der Waals surface area (Å²) in [5.74, 6) is 0.572. The van der Waals surface area contributed by atoms with E-state index in [2.05, 4.69) is 34.2 Å². The van der Waals surface area contributed by atoms with E-state index in [0.29, 0.717) is 11.4 Å². The Morgan fingerprint density at radius 2 is 1.71 bits per heavy atom. The third kappa shape index (κ3) is 4.68. The lowest BCUT2D eigenvalue weighted by Gasteiger charge is -2.29. The maximum atomic E-state index is 12.3. The smallest absolute Gasteiger partial charge is 0.253 e. The minimum Gasteiger partial charge on any atom is -0.474 e. The molecule has 1 N–H and O–H groups in total. The van der Waals surface area contributed by atoms with E-state index in [-0.39, 0.29) is 18.1 Å². The van der Waals surface area contributed by atoms with Crippen molar-refractivity contribution in [2.24, 2.45) is 0 Å². The van der Waals surface area contributed by atoms with E-state index in [0.717, 1.165) is 51.9 Å². The molecule has 2 fully saturated rings. The molecule has 0 saturated carbocycles. The number of nitrogens with zero attached hydrogens (tertiary/aromatic N) is 3. The molecule has 1 aromatic heterocycles.